The number of carbonyl (C=O) groups is 2. The molecule has 0 radical (unpaired) electrons. The van der Waals surface area contributed by atoms with Crippen LogP contribution in [0.5, 0.6) is 5.75 Å². The smallest absolute Gasteiger partial charge is 0.342 e. The topological polar surface area (TPSA) is 104 Å². The Labute approximate surface area is 175 Å². The molecule has 1 N–H and O–H groups in total. The van der Waals surface area contributed by atoms with E-state index in [0.29, 0.717) is 6.54 Å². The van der Waals surface area contributed by atoms with Gasteiger partial charge >= 0.3 is 5.97 Å². The highest BCUT2D eigenvalue weighted by atomic mass is 32.2. The lowest BCUT2D eigenvalue weighted by Gasteiger charge is -2.19. The summed E-state index contributed by atoms with van der Waals surface area (Å²) in [6.45, 7) is 3.94. The van der Waals surface area contributed by atoms with Crippen LogP contribution in [0.1, 0.15) is 29.8 Å². The Hall–Kier alpha value is -2.91. The van der Waals surface area contributed by atoms with Crippen molar-refractivity contribution >= 4 is 27.6 Å². The summed E-state index contributed by atoms with van der Waals surface area (Å²) in [6, 6.07) is 10.9. The molecule has 0 atom stereocenters. The molecular formula is C21H24N2O6S. The van der Waals surface area contributed by atoms with Gasteiger partial charge in [0.1, 0.15) is 11.3 Å². The van der Waals surface area contributed by atoms with Gasteiger partial charge in [-0.1, -0.05) is 32.0 Å². The van der Waals surface area contributed by atoms with E-state index in [4.69, 9.17) is 4.74 Å². The Kier molecular flexibility index (Phi) is 6.42. The zero-order valence-electron chi connectivity index (χ0n) is 16.9. The first-order chi connectivity index (χ1) is 14.3. The Bertz CT molecular complexity index is 1060. The number of benzene rings is 2. The van der Waals surface area contributed by atoms with E-state index in [1.165, 1.54) is 10.4 Å². The van der Waals surface area contributed by atoms with Gasteiger partial charge in [-0.25, -0.2) is 13.2 Å². The van der Waals surface area contributed by atoms with Gasteiger partial charge in [0.05, 0.1) is 4.90 Å². The van der Waals surface area contributed by atoms with E-state index >= 15 is 0 Å². The number of sulfonamides is 1. The summed E-state index contributed by atoms with van der Waals surface area (Å²) in [7, 11) is -3.81. The summed E-state index contributed by atoms with van der Waals surface area (Å²) >= 11 is 0. The maximum absolute atomic E-state index is 12.7. The number of hydrogen-bond acceptors (Lipinski definition) is 6. The third kappa shape index (κ3) is 4.17. The van der Waals surface area contributed by atoms with Gasteiger partial charge in [-0.2, -0.15) is 4.31 Å². The summed E-state index contributed by atoms with van der Waals surface area (Å²) in [4.78, 5) is 26.4. The minimum atomic E-state index is -3.81. The molecule has 2 aromatic carbocycles. The SMILES string of the molecule is CCN(CC)S(=O)(=O)c1ccc(O)c(C(=O)OCC(=O)N2CCc3ccccc32)c1. The van der Waals surface area contributed by atoms with Crippen LogP contribution in [0.15, 0.2) is 47.4 Å². The summed E-state index contributed by atoms with van der Waals surface area (Å²) in [6.07, 6.45) is 0.724. The molecule has 2 aromatic rings. The number of fused-ring (bicyclic) bond motifs is 1. The maximum Gasteiger partial charge on any atom is 0.342 e. The number of hydrogen-bond donors (Lipinski definition) is 1. The molecule has 1 aliphatic rings. The third-order valence-electron chi connectivity index (χ3n) is 5.05. The lowest BCUT2D eigenvalue weighted by atomic mass is 10.2. The van der Waals surface area contributed by atoms with Gasteiger partial charge in [-0.3, -0.25) is 4.79 Å². The minimum absolute atomic E-state index is 0.129. The van der Waals surface area contributed by atoms with Crippen LogP contribution >= 0.6 is 0 Å². The second kappa shape index (κ2) is 8.85. The van der Waals surface area contributed by atoms with Gasteiger partial charge in [0.25, 0.3) is 5.91 Å². The second-order valence-electron chi connectivity index (χ2n) is 6.77. The standard InChI is InChI=1S/C21H24N2O6S/c1-3-22(4-2)30(27,28)16-9-10-19(24)17(13-16)21(26)29-14-20(25)23-12-11-15-7-5-6-8-18(15)23/h5-10,13,24H,3-4,11-12,14H2,1-2H3. The number of phenolic OH excluding ortho intramolecular Hbond substituents is 1. The number of esters is 1. The van der Waals surface area contributed by atoms with Gasteiger partial charge in [-0.15, -0.1) is 0 Å². The highest BCUT2D eigenvalue weighted by Gasteiger charge is 2.27. The van der Waals surface area contributed by atoms with Gasteiger partial charge in [-0.05, 0) is 36.2 Å². The van der Waals surface area contributed by atoms with Crippen molar-refractivity contribution in [3.63, 3.8) is 0 Å². The predicted octanol–water partition coefficient (Wildman–Crippen LogP) is 2.17. The number of ether oxygens (including phenoxy) is 1. The average Bonchev–Trinajstić information content (AvgIpc) is 3.17. The number of para-hydroxylation sites is 1. The van der Waals surface area contributed by atoms with Crippen LogP contribution in [0.3, 0.4) is 0 Å². The molecule has 30 heavy (non-hydrogen) atoms. The number of anilines is 1. The summed E-state index contributed by atoms with van der Waals surface area (Å²) < 4.78 is 31.7. The van der Waals surface area contributed by atoms with Crippen molar-refractivity contribution in [1.29, 1.82) is 0 Å². The van der Waals surface area contributed by atoms with Gasteiger partial charge in [0, 0.05) is 25.3 Å². The maximum atomic E-state index is 12.7. The Morgan fingerprint density at radius 2 is 1.83 bits per heavy atom. The molecule has 1 heterocycles. The molecule has 1 amide bonds. The molecule has 0 unspecified atom stereocenters. The van der Waals surface area contributed by atoms with Crippen LogP contribution in [0.4, 0.5) is 5.69 Å². The van der Waals surface area contributed by atoms with Crippen molar-refractivity contribution in [2.75, 3.05) is 31.1 Å². The van der Waals surface area contributed by atoms with Crippen molar-refractivity contribution in [2.24, 2.45) is 0 Å². The second-order valence-corrected chi connectivity index (χ2v) is 8.71. The minimum Gasteiger partial charge on any atom is -0.507 e. The Morgan fingerprint density at radius 1 is 1.13 bits per heavy atom. The molecule has 0 bridgehead atoms. The molecule has 0 saturated carbocycles. The zero-order valence-corrected chi connectivity index (χ0v) is 17.7. The Balaban J connectivity index is 1.74. The van der Waals surface area contributed by atoms with Crippen LogP contribution in [0, 0.1) is 0 Å². The molecule has 0 spiro atoms. The van der Waals surface area contributed by atoms with E-state index in [1.807, 2.05) is 24.3 Å². The predicted molar refractivity (Wildman–Crippen MR) is 111 cm³/mol. The third-order valence-corrected chi connectivity index (χ3v) is 7.09. The van der Waals surface area contributed by atoms with Gasteiger partial charge in [0.2, 0.25) is 10.0 Å². The molecule has 0 aromatic heterocycles. The monoisotopic (exact) mass is 432 g/mol. The number of rotatable bonds is 7. The van der Waals surface area contributed by atoms with E-state index in [2.05, 4.69) is 0 Å². The first kappa shape index (κ1) is 21.8. The average molecular weight is 432 g/mol. The number of aromatic hydroxyl groups is 1. The van der Waals surface area contributed by atoms with Crippen LogP contribution in [-0.4, -0.2) is 55.9 Å². The van der Waals surface area contributed by atoms with Crippen molar-refractivity contribution in [2.45, 2.75) is 25.2 Å². The van der Waals surface area contributed by atoms with Crippen molar-refractivity contribution < 1.29 is 27.9 Å². The number of phenols is 1. The van der Waals surface area contributed by atoms with Crippen LogP contribution in [0.25, 0.3) is 0 Å². The zero-order chi connectivity index (χ0) is 21.9. The van der Waals surface area contributed by atoms with Crippen molar-refractivity contribution in [1.82, 2.24) is 4.31 Å². The first-order valence-corrected chi connectivity index (χ1v) is 11.1. The van der Waals surface area contributed by atoms with Gasteiger partial charge < -0.3 is 14.7 Å². The molecular weight excluding hydrogens is 408 g/mol. The lowest BCUT2D eigenvalue weighted by Crippen LogP contribution is -2.33. The fraction of sp³-hybridized carbons (Fsp3) is 0.333. The van der Waals surface area contributed by atoms with Crippen molar-refractivity contribution in [3.8, 4) is 5.75 Å². The van der Waals surface area contributed by atoms with E-state index in [9.17, 15) is 23.1 Å². The lowest BCUT2D eigenvalue weighted by molar-refractivity contribution is -0.121. The highest BCUT2D eigenvalue weighted by Crippen LogP contribution is 2.28. The largest absolute Gasteiger partial charge is 0.507 e. The molecule has 0 fully saturated rings. The molecule has 160 valence electrons. The van der Waals surface area contributed by atoms with Crippen LogP contribution in [-0.2, 0) is 26.0 Å². The van der Waals surface area contributed by atoms with E-state index in [-0.39, 0.29) is 29.5 Å². The number of amides is 1. The van der Waals surface area contributed by atoms with Gasteiger partial charge in [0.15, 0.2) is 6.61 Å². The Morgan fingerprint density at radius 3 is 2.53 bits per heavy atom. The summed E-state index contributed by atoms with van der Waals surface area (Å²) in [5.41, 5.74) is 1.52. The number of nitrogens with zero attached hydrogens (tertiary/aromatic N) is 2. The summed E-state index contributed by atoms with van der Waals surface area (Å²) in [5.74, 6) is -1.78. The quantitative estimate of drug-likeness (QED) is 0.673. The first-order valence-electron chi connectivity index (χ1n) is 9.68. The van der Waals surface area contributed by atoms with E-state index in [0.717, 1.165) is 29.8 Å². The molecule has 0 saturated heterocycles. The fourth-order valence-electron chi connectivity index (χ4n) is 3.43. The molecule has 0 aliphatic carbocycles. The summed E-state index contributed by atoms with van der Waals surface area (Å²) in [5, 5.41) is 10.0. The molecule has 3 rings (SSSR count). The van der Waals surface area contributed by atoms with E-state index < -0.39 is 28.3 Å². The highest BCUT2D eigenvalue weighted by molar-refractivity contribution is 7.89. The molecule has 9 heteroatoms. The van der Waals surface area contributed by atoms with Crippen LogP contribution in [0.2, 0.25) is 0 Å². The van der Waals surface area contributed by atoms with E-state index in [1.54, 1.807) is 18.7 Å². The molecule has 8 nitrogen and oxygen atoms in total. The number of carbonyl (C=O) groups excluding carboxylic acids is 2. The fourth-order valence-corrected chi connectivity index (χ4v) is 4.92. The van der Waals surface area contributed by atoms with Crippen LogP contribution < -0.4 is 4.90 Å². The molecule has 1 aliphatic heterocycles. The van der Waals surface area contributed by atoms with Crippen molar-refractivity contribution in [3.05, 3.63) is 53.6 Å². The normalized spacial score (nSPS) is 13.4.